The molecular weight excluding hydrogens is 296 g/mol. The van der Waals surface area contributed by atoms with E-state index in [1.54, 1.807) is 12.4 Å². The summed E-state index contributed by atoms with van der Waals surface area (Å²) >= 11 is 6.02. The van der Waals surface area contributed by atoms with E-state index < -0.39 is 0 Å². The van der Waals surface area contributed by atoms with Crippen molar-refractivity contribution in [3.63, 3.8) is 0 Å². The largest absolute Gasteiger partial charge is 0.324 e. The second-order valence-electron chi connectivity index (χ2n) is 5.50. The van der Waals surface area contributed by atoms with Gasteiger partial charge in [-0.05, 0) is 29.7 Å². The Morgan fingerprint density at radius 1 is 1.18 bits per heavy atom. The first-order valence-electron chi connectivity index (χ1n) is 7.14. The van der Waals surface area contributed by atoms with Gasteiger partial charge in [0.25, 0.3) is 0 Å². The second kappa shape index (κ2) is 5.11. The fourth-order valence-corrected chi connectivity index (χ4v) is 3.13. The van der Waals surface area contributed by atoms with Crippen molar-refractivity contribution in [2.45, 2.75) is 12.3 Å². The highest BCUT2D eigenvalue weighted by Gasteiger charge is 2.32. The van der Waals surface area contributed by atoms with Gasteiger partial charge >= 0.3 is 0 Å². The summed E-state index contributed by atoms with van der Waals surface area (Å²) in [5, 5.41) is 5.68. The molecule has 0 fully saturated rings. The number of carbonyl (C=O) groups excluding carboxylic acids is 1. The zero-order valence-electron chi connectivity index (χ0n) is 11.7. The van der Waals surface area contributed by atoms with E-state index in [1.165, 1.54) is 5.56 Å². The lowest BCUT2D eigenvalue weighted by atomic mass is 9.77. The number of hydrogen-bond acceptors (Lipinski definition) is 2. The van der Waals surface area contributed by atoms with Crippen LogP contribution in [0.25, 0.3) is 10.8 Å². The minimum absolute atomic E-state index is 0.00656. The molecule has 22 heavy (non-hydrogen) atoms. The lowest BCUT2D eigenvalue weighted by Crippen LogP contribution is -2.30. The van der Waals surface area contributed by atoms with Gasteiger partial charge in [-0.25, -0.2) is 0 Å². The Bertz CT molecular complexity index is 886. The van der Waals surface area contributed by atoms with E-state index in [2.05, 4.69) is 10.3 Å². The van der Waals surface area contributed by atoms with Crippen LogP contribution in [-0.4, -0.2) is 10.9 Å². The van der Waals surface area contributed by atoms with Crippen molar-refractivity contribution >= 4 is 34.0 Å². The summed E-state index contributed by atoms with van der Waals surface area (Å²) in [4.78, 5) is 16.7. The Kier molecular flexibility index (Phi) is 3.09. The number of halogens is 1. The SMILES string of the molecule is O=C(Nc1cncc2ccccc12)C1Cc2ccc(Cl)cc21. The maximum Gasteiger partial charge on any atom is 0.232 e. The molecule has 108 valence electrons. The van der Waals surface area contributed by atoms with Crippen molar-refractivity contribution < 1.29 is 4.79 Å². The first kappa shape index (κ1) is 13.3. The number of rotatable bonds is 2. The number of aromatic nitrogens is 1. The number of carbonyl (C=O) groups is 1. The summed E-state index contributed by atoms with van der Waals surface area (Å²) in [7, 11) is 0. The number of amides is 1. The molecule has 0 aliphatic heterocycles. The standard InChI is InChI=1S/C18H13ClN2O/c19-13-6-5-11-7-16(15(11)8-13)18(22)21-17-10-20-9-12-3-1-2-4-14(12)17/h1-6,8-10,16H,7H2,(H,21,22). The average Bonchev–Trinajstić information content (AvgIpc) is 2.51. The van der Waals surface area contributed by atoms with Crippen molar-refractivity contribution in [2.24, 2.45) is 0 Å². The minimum atomic E-state index is -0.132. The third-order valence-electron chi connectivity index (χ3n) is 4.15. The minimum Gasteiger partial charge on any atom is -0.324 e. The molecule has 0 spiro atoms. The van der Waals surface area contributed by atoms with Crippen LogP contribution in [0.15, 0.2) is 54.9 Å². The number of anilines is 1. The van der Waals surface area contributed by atoms with Crippen LogP contribution in [0.4, 0.5) is 5.69 Å². The van der Waals surface area contributed by atoms with Crippen LogP contribution < -0.4 is 5.32 Å². The maximum absolute atomic E-state index is 12.5. The van der Waals surface area contributed by atoms with Crippen LogP contribution in [0.5, 0.6) is 0 Å². The molecule has 3 aromatic rings. The van der Waals surface area contributed by atoms with E-state index in [-0.39, 0.29) is 11.8 Å². The van der Waals surface area contributed by atoms with Gasteiger partial charge < -0.3 is 5.32 Å². The molecule has 1 amide bonds. The van der Waals surface area contributed by atoms with Gasteiger partial charge in [0.2, 0.25) is 5.91 Å². The molecule has 0 radical (unpaired) electrons. The maximum atomic E-state index is 12.5. The highest BCUT2D eigenvalue weighted by Crippen LogP contribution is 2.37. The van der Waals surface area contributed by atoms with Crippen molar-refractivity contribution in [1.82, 2.24) is 4.98 Å². The molecule has 1 N–H and O–H groups in total. The Morgan fingerprint density at radius 2 is 2.05 bits per heavy atom. The van der Waals surface area contributed by atoms with Gasteiger partial charge in [0.1, 0.15) is 0 Å². The van der Waals surface area contributed by atoms with Crippen LogP contribution in [0, 0.1) is 0 Å². The van der Waals surface area contributed by atoms with Crippen molar-refractivity contribution in [1.29, 1.82) is 0 Å². The Hall–Kier alpha value is -2.39. The van der Waals surface area contributed by atoms with E-state index in [0.717, 1.165) is 28.4 Å². The predicted octanol–water partition coefficient (Wildman–Crippen LogP) is 4.17. The molecule has 1 heterocycles. The molecule has 2 aromatic carbocycles. The van der Waals surface area contributed by atoms with Gasteiger partial charge in [0, 0.05) is 22.0 Å². The molecule has 0 saturated carbocycles. The molecule has 3 nitrogen and oxygen atoms in total. The summed E-state index contributed by atoms with van der Waals surface area (Å²) < 4.78 is 0. The van der Waals surface area contributed by atoms with Crippen LogP contribution in [0.3, 0.4) is 0 Å². The lowest BCUT2D eigenvalue weighted by molar-refractivity contribution is -0.118. The quantitative estimate of drug-likeness (QED) is 0.772. The van der Waals surface area contributed by atoms with Crippen LogP contribution in [0.2, 0.25) is 5.02 Å². The topological polar surface area (TPSA) is 42.0 Å². The zero-order valence-corrected chi connectivity index (χ0v) is 12.5. The Labute approximate surface area is 132 Å². The highest BCUT2D eigenvalue weighted by atomic mass is 35.5. The van der Waals surface area contributed by atoms with Gasteiger partial charge in [-0.1, -0.05) is 41.9 Å². The van der Waals surface area contributed by atoms with Crippen molar-refractivity contribution in [3.05, 3.63) is 71.0 Å². The number of nitrogens with one attached hydrogen (secondary N) is 1. The molecule has 1 aromatic heterocycles. The summed E-state index contributed by atoms with van der Waals surface area (Å²) in [5.74, 6) is -0.138. The second-order valence-corrected chi connectivity index (χ2v) is 5.93. The molecule has 1 atom stereocenters. The summed E-state index contributed by atoms with van der Waals surface area (Å²) in [6.07, 6.45) is 4.25. The van der Waals surface area contributed by atoms with E-state index >= 15 is 0 Å². The van der Waals surface area contributed by atoms with Crippen LogP contribution in [-0.2, 0) is 11.2 Å². The Balaban J connectivity index is 1.63. The van der Waals surface area contributed by atoms with Gasteiger partial charge in [-0.3, -0.25) is 9.78 Å². The molecule has 1 unspecified atom stereocenters. The van der Waals surface area contributed by atoms with Crippen molar-refractivity contribution in [3.8, 4) is 0 Å². The number of benzene rings is 2. The molecular formula is C18H13ClN2O. The van der Waals surface area contributed by atoms with Gasteiger partial charge in [-0.15, -0.1) is 0 Å². The number of nitrogens with zero attached hydrogens (tertiary/aromatic N) is 1. The first-order chi connectivity index (χ1) is 10.7. The average molecular weight is 309 g/mol. The van der Waals surface area contributed by atoms with E-state index in [4.69, 9.17) is 11.6 Å². The van der Waals surface area contributed by atoms with Gasteiger partial charge in [0.05, 0.1) is 17.8 Å². The van der Waals surface area contributed by atoms with E-state index in [9.17, 15) is 4.79 Å². The Morgan fingerprint density at radius 3 is 2.95 bits per heavy atom. The molecule has 0 saturated heterocycles. The molecule has 1 aliphatic rings. The summed E-state index contributed by atoms with van der Waals surface area (Å²) in [5.41, 5.74) is 2.97. The number of hydrogen-bond donors (Lipinski definition) is 1. The fourth-order valence-electron chi connectivity index (χ4n) is 2.94. The van der Waals surface area contributed by atoms with E-state index in [0.29, 0.717) is 5.02 Å². The van der Waals surface area contributed by atoms with Gasteiger partial charge in [0.15, 0.2) is 0 Å². The highest BCUT2D eigenvalue weighted by molar-refractivity contribution is 6.30. The van der Waals surface area contributed by atoms with Crippen LogP contribution >= 0.6 is 11.6 Å². The molecule has 1 aliphatic carbocycles. The zero-order chi connectivity index (χ0) is 15.1. The lowest BCUT2D eigenvalue weighted by Gasteiger charge is -2.29. The monoisotopic (exact) mass is 308 g/mol. The molecule has 4 rings (SSSR count). The van der Waals surface area contributed by atoms with Crippen molar-refractivity contribution in [2.75, 3.05) is 5.32 Å². The van der Waals surface area contributed by atoms with E-state index in [1.807, 2.05) is 42.5 Å². The summed E-state index contributed by atoms with van der Waals surface area (Å²) in [6, 6.07) is 13.6. The third kappa shape index (κ3) is 2.14. The van der Waals surface area contributed by atoms with Crippen LogP contribution in [0.1, 0.15) is 17.0 Å². The smallest absolute Gasteiger partial charge is 0.232 e. The fraction of sp³-hybridized carbons (Fsp3) is 0.111. The third-order valence-corrected chi connectivity index (χ3v) is 4.39. The first-order valence-corrected chi connectivity index (χ1v) is 7.52. The van der Waals surface area contributed by atoms with Gasteiger partial charge in [-0.2, -0.15) is 0 Å². The molecule has 0 bridgehead atoms. The number of pyridine rings is 1. The normalized spacial score (nSPS) is 16.0. The molecule has 4 heteroatoms. The number of fused-ring (bicyclic) bond motifs is 2. The summed E-state index contributed by atoms with van der Waals surface area (Å²) in [6.45, 7) is 0. The predicted molar refractivity (Wildman–Crippen MR) is 88.3 cm³/mol.